The van der Waals surface area contributed by atoms with Crippen molar-refractivity contribution in [3.05, 3.63) is 23.8 Å². The van der Waals surface area contributed by atoms with E-state index in [1.807, 2.05) is 0 Å². The molecule has 0 fully saturated rings. The topological polar surface area (TPSA) is 88.1 Å². The van der Waals surface area contributed by atoms with Crippen LogP contribution < -0.4 is 9.47 Å². The standard InChI is InChI=1S/C16H19O7.Y/c1-9(2)21-14(17)11(4)15(18)22-12-6-7-13(10(3)8-12)23-16(19)20-5;/h6-7,9,11H,1-5H3;/q-1;+3. The molecule has 126 valence electrons. The first kappa shape index (κ1) is 22.5. The van der Waals surface area contributed by atoms with Gasteiger partial charge in [0.15, 0.2) is 5.92 Å². The predicted molar refractivity (Wildman–Crippen MR) is 79.1 cm³/mol. The van der Waals surface area contributed by atoms with Crippen molar-refractivity contribution in [1.82, 2.24) is 0 Å². The fourth-order valence-corrected chi connectivity index (χ4v) is 1.49. The quantitative estimate of drug-likeness (QED) is 0.241. The number of methoxy groups -OCH3 is 1. The van der Waals surface area contributed by atoms with Crippen molar-refractivity contribution in [1.29, 1.82) is 0 Å². The number of ether oxygens (including phenoxy) is 4. The average Bonchev–Trinajstić information content (AvgIpc) is 2.48. The van der Waals surface area contributed by atoms with Gasteiger partial charge in [-0.05, 0) is 20.8 Å². The number of hydrogen-bond donors (Lipinski definition) is 0. The number of benzene rings is 1. The number of aryl methyl sites for hydroxylation is 1. The molecule has 24 heavy (non-hydrogen) atoms. The van der Waals surface area contributed by atoms with Crippen LogP contribution in [0.1, 0.15) is 26.3 Å². The van der Waals surface area contributed by atoms with E-state index in [-0.39, 0.29) is 50.3 Å². The summed E-state index contributed by atoms with van der Waals surface area (Å²) in [5.41, 5.74) is 0.443. The van der Waals surface area contributed by atoms with Crippen LogP contribution in [0.2, 0.25) is 0 Å². The van der Waals surface area contributed by atoms with Crippen LogP contribution in [0.4, 0.5) is 4.79 Å². The Morgan fingerprint density at radius 2 is 1.67 bits per heavy atom. The van der Waals surface area contributed by atoms with Gasteiger partial charge in [-0.1, -0.05) is 6.92 Å². The summed E-state index contributed by atoms with van der Waals surface area (Å²) in [6, 6.07) is 5.57. The van der Waals surface area contributed by atoms with E-state index in [2.05, 4.69) is 10.8 Å². The molecule has 8 heteroatoms. The summed E-state index contributed by atoms with van der Waals surface area (Å²) in [5.74, 6) is -2.14. The third-order valence-electron chi connectivity index (χ3n) is 2.70. The molecule has 0 bridgehead atoms. The molecule has 0 aliphatic heterocycles. The van der Waals surface area contributed by atoms with Crippen molar-refractivity contribution in [3.63, 3.8) is 0 Å². The van der Waals surface area contributed by atoms with Crippen molar-refractivity contribution in [2.75, 3.05) is 7.11 Å². The van der Waals surface area contributed by atoms with E-state index in [0.717, 1.165) is 0 Å². The molecule has 1 atom stereocenters. The van der Waals surface area contributed by atoms with Crippen molar-refractivity contribution in [2.24, 2.45) is 5.92 Å². The first-order valence-electron chi connectivity index (χ1n) is 6.95. The molecule has 1 unspecified atom stereocenters. The molecule has 0 amide bonds. The van der Waals surface area contributed by atoms with Crippen LogP contribution in [0.25, 0.3) is 0 Å². The monoisotopic (exact) mass is 412 g/mol. The summed E-state index contributed by atoms with van der Waals surface area (Å²) >= 11 is 0. The van der Waals surface area contributed by atoms with E-state index in [0.29, 0.717) is 5.56 Å². The van der Waals surface area contributed by atoms with E-state index in [1.54, 1.807) is 20.8 Å². The molecule has 0 heterocycles. The minimum atomic E-state index is -1.06. The summed E-state index contributed by atoms with van der Waals surface area (Å²) < 4.78 is 19.3. The molecule has 7 nitrogen and oxygen atoms in total. The zero-order chi connectivity index (χ0) is 17.6. The Hall–Kier alpha value is -1.47. The van der Waals surface area contributed by atoms with Gasteiger partial charge in [-0.25, -0.2) is 4.79 Å². The number of hydrogen-bond acceptors (Lipinski definition) is 7. The van der Waals surface area contributed by atoms with E-state index in [9.17, 15) is 14.4 Å². The summed E-state index contributed by atoms with van der Waals surface area (Å²) in [7, 11) is 1.19. The molecular weight excluding hydrogens is 393 g/mol. The van der Waals surface area contributed by atoms with Gasteiger partial charge in [-0.2, -0.15) is 0 Å². The van der Waals surface area contributed by atoms with Crippen LogP contribution in [0.5, 0.6) is 11.5 Å². The third-order valence-corrected chi connectivity index (χ3v) is 2.70. The zero-order valence-corrected chi connectivity index (χ0v) is 17.1. The van der Waals surface area contributed by atoms with Crippen molar-refractivity contribution in [2.45, 2.75) is 33.8 Å². The second-order valence-corrected chi connectivity index (χ2v) is 5.00. The van der Waals surface area contributed by atoms with Crippen molar-refractivity contribution < 1.29 is 66.0 Å². The Labute approximate surface area is 165 Å². The number of esters is 2. The van der Waals surface area contributed by atoms with Gasteiger partial charge in [-0.3, -0.25) is 9.59 Å². The summed E-state index contributed by atoms with van der Waals surface area (Å²) in [4.78, 5) is 34.6. The molecule has 1 aromatic rings. The van der Waals surface area contributed by atoms with Gasteiger partial charge in [0.05, 0.1) is 13.2 Å². The molecule has 1 aromatic carbocycles. The van der Waals surface area contributed by atoms with Crippen molar-refractivity contribution >= 4 is 18.1 Å². The minimum absolute atomic E-state index is 0. The summed E-state index contributed by atoms with van der Waals surface area (Å²) in [5, 5.41) is 0. The molecular formula is C16H19O7Y+2. The van der Waals surface area contributed by atoms with Gasteiger partial charge in [0.2, 0.25) is 0 Å². The predicted octanol–water partition coefficient (Wildman–Crippen LogP) is 2.43. The number of carbonyl (C=O) groups is 3. The Morgan fingerprint density at radius 1 is 1.04 bits per heavy atom. The van der Waals surface area contributed by atoms with Crippen molar-refractivity contribution in [3.8, 4) is 11.5 Å². The smallest absolute Gasteiger partial charge is 0.462 e. The Kier molecular flexibility index (Phi) is 9.77. The maximum Gasteiger partial charge on any atom is 3.00 e. The molecule has 0 radical (unpaired) electrons. The second-order valence-electron chi connectivity index (χ2n) is 5.00. The van der Waals surface area contributed by atoms with Gasteiger partial charge >= 0.3 is 50.8 Å². The molecule has 0 aliphatic rings. The Morgan fingerprint density at radius 3 is 2.17 bits per heavy atom. The van der Waals surface area contributed by atoms with E-state index in [4.69, 9.17) is 14.2 Å². The van der Waals surface area contributed by atoms with Crippen LogP contribution in [0, 0.1) is 18.9 Å². The molecule has 0 aromatic heterocycles. The number of carbonyl (C=O) groups excluding carboxylic acids is 3. The fourth-order valence-electron chi connectivity index (χ4n) is 1.49. The van der Waals surface area contributed by atoms with E-state index >= 15 is 0 Å². The van der Waals surface area contributed by atoms with E-state index in [1.165, 1.54) is 26.2 Å². The molecule has 0 N–H and O–H groups in total. The van der Waals surface area contributed by atoms with Gasteiger partial charge in [-0.15, -0.1) is 23.8 Å². The van der Waals surface area contributed by atoms with Crippen LogP contribution in [-0.4, -0.2) is 31.3 Å². The zero-order valence-electron chi connectivity index (χ0n) is 14.2. The molecule has 1 rings (SSSR count). The van der Waals surface area contributed by atoms with Crippen LogP contribution in [0.3, 0.4) is 0 Å². The SMILES string of the molecule is COC(=O)Oc1ccc(OC(=O)C(C)C(=O)OC(C)C)[c-]c1C.[Y+3]. The maximum absolute atomic E-state index is 11.9. The van der Waals surface area contributed by atoms with Gasteiger partial charge in [0.1, 0.15) is 0 Å². The first-order valence-corrected chi connectivity index (χ1v) is 6.95. The van der Waals surface area contributed by atoms with Crippen LogP contribution in [0.15, 0.2) is 12.1 Å². The van der Waals surface area contributed by atoms with Crippen LogP contribution in [-0.2, 0) is 51.8 Å². The van der Waals surface area contributed by atoms with E-state index < -0.39 is 24.0 Å². The van der Waals surface area contributed by atoms with Gasteiger partial charge < -0.3 is 18.9 Å². The molecule has 0 spiro atoms. The number of rotatable bonds is 5. The summed E-state index contributed by atoms with van der Waals surface area (Å²) in [6.45, 7) is 6.39. The average molecular weight is 412 g/mol. The minimum Gasteiger partial charge on any atom is -0.462 e. The van der Waals surface area contributed by atoms with Crippen LogP contribution >= 0.6 is 0 Å². The maximum atomic E-state index is 11.9. The normalized spacial score (nSPS) is 11.1. The Bertz CT molecular complexity index is 598. The first-order chi connectivity index (χ1) is 10.7. The Balaban J connectivity index is 0.00000529. The fraction of sp³-hybridized carbons (Fsp3) is 0.438. The molecule has 0 saturated heterocycles. The second kappa shape index (κ2) is 10.4. The molecule has 0 saturated carbocycles. The summed E-state index contributed by atoms with van der Waals surface area (Å²) in [6.07, 6.45) is -1.18. The largest absolute Gasteiger partial charge is 3.00 e. The molecule has 0 aliphatic carbocycles. The third kappa shape index (κ3) is 6.97. The van der Waals surface area contributed by atoms with Gasteiger partial charge in [0.25, 0.3) is 0 Å². The van der Waals surface area contributed by atoms with Gasteiger partial charge in [0, 0.05) is 11.5 Å².